The molecule has 3 fully saturated rings. The Kier molecular flexibility index (Phi) is 2.63. The van der Waals surface area contributed by atoms with Crippen molar-refractivity contribution < 1.29 is 4.74 Å². The molecule has 0 bridgehead atoms. The van der Waals surface area contributed by atoms with Crippen molar-refractivity contribution in [1.29, 1.82) is 0 Å². The first kappa shape index (κ1) is 12.0. The molecule has 2 aliphatic carbocycles. The molecular weight excluding hydrogens is 208 g/mol. The van der Waals surface area contributed by atoms with Crippen LogP contribution in [0.3, 0.4) is 0 Å². The number of rotatable bonds is 0. The Morgan fingerprint density at radius 2 is 1.71 bits per heavy atom. The molecule has 5 atom stereocenters. The molecule has 3 rings (SSSR count). The second-order valence-electron chi connectivity index (χ2n) is 7.78. The molecule has 1 heterocycles. The van der Waals surface area contributed by atoms with E-state index in [1.54, 1.807) is 0 Å². The van der Waals surface area contributed by atoms with E-state index in [4.69, 9.17) is 4.74 Å². The average Bonchev–Trinajstić information content (AvgIpc) is 2.65. The van der Waals surface area contributed by atoms with Crippen molar-refractivity contribution in [2.24, 2.45) is 29.1 Å². The predicted octanol–water partition coefficient (Wildman–Crippen LogP) is 4.26. The Balaban J connectivity index is 1.93. The van der Waals surface area contributed by atoms with Crippen LogP contribution in [0.2, 0.25) is 0 Å². The molecule has 2 saturated carbocycles. The lowest BCUT2D eigenvalue weighted by atomic mass is 9.50. The van der Waals surface area contributed by atoms with Gasteiger partial charge in [-0.2, -0.15) is 0 Å². The van der Waals surface area contributed by atoms with E-state index in [-0.39, 0.29) is 5.60 Å². The molecule has 3 unspecified atom stereocenters. The normalized spacial score (nSPS) is 52.9. The zero-order chi connectivity index (χ0) is 12.3. The Bertz CT molecular complexity index is 307. The fourth-order valence-corrected chi connectivity index (χ4v) is 5.29. The third kappa shape index (κ3) is 1.69. The Labute approximate surface area is 106 Å². The van der Waals surface area contributed by atoms with E-state index < -0.39 is 0 Å². The summed E-state index contributed by atoms with van der Waals surface area (Å²) in [4.78, 5) is 0. The van der Waals surface area contributed by atoms with Gasteiger partial charge in [-0.3, -0.25) is 0 Å². The maximum atomic E-state index is 6.11. The summed E-state index contributed by atoms with van der Waals surface area (Å²) in [5, 5.41) is 0. The number of hydrogen-bond donors (Lipinski definition) is 0. The highest BCUT2D eigenvalue weighted by Gasteiger charge is 2.56. The quantitative estimate of drug-likeness (QED) is 0.610. The average molecular weight is 236 g/mol. The van der Waals surface area contributed by atoms with Crippen LogP contribution >= 0.6 is 0 Å². The summed E-state index contributed by atoms with van der Waals surface area (Å²) < 4.78 is 6.11. The Hall–Kier alpha value is -0.0400. The van der Waals surface area contributed by atoms with Gasteiger partial charge in [0, 0.05) is 6.61 Å². The van der Waals surface area contributed by atoms with E-state index in [0.29, 0.717) is 5.41 Å². The van der Waals surface area contributed by atoms with Crippen molar-refractivity contribution in [2.45, 2.75) is 65.4 Å². The lowest BCUT2D eigenvalue weighted by Crippen LogP contribution is -2.52. The topological polar surface area (TPSA) is 9.23 Å². The zero-order valence-electron chi connectivity index (χ0n) is 12.0. The molecule has 17 heavy (non-hydrogen) atoms. The summed E-state index contributed by atoms with van der Waals surface area (Å²) >= 11 is 0. The standard InChI is InChI=1S/C16H28O/c1-11-5-8-15(2,3)12-6-9-16(4)13(14(11)12)7-10-17-16/h11-14H,5-10H2,1-4H3/t11-,12?,13?,14?,16+/m0/s1. The Morgan fingerprint density at radius 1 is 0.941 bits per heavy atom. The molecule has 1 saturated heterocycles. The smallest absolute Gasteiger partial charge is 0.0686 e. The van der Waals surface area contributed by atoms with Crippen LogP contribution in [0.15, 0.2) is 0 Å². The highest BCUT2D eigenvalue weighted by atomic mass is 16.5. The maximum absolute atomic E-state index is 6.11. The molecule has 98 valence electrons. The minimum atomic E-state index is 0.225. The predicted molar refractivity (Wildman–Crippen MR) is 70.9 cm³/mol. The van der Waals surface area contributed by atoms with Crippen molar-refractivity contribution in [2.75, 3.05) is 6.61 Å². The fraction of sp³-hybridized carbons (Fsp3) is 1.00. The molecule has 0 spiro atoms. The van der Waals surface area contributed by atoms with Crippen LogP contribution in [0.1, 0.15) is 59.8 Å². The summed E-state index contributed by atoms with van der Waals surface area (Å²) in [7, 11) is 0. The van der Waals surface area contributed by atoms with Gasteiger partial charge in [0.2, 0.25) is 0 Å². The van der Waals surface area contributed by atoms with E-state index in [1.165, 1.54) is 32.1 Å². The van der Waals surface area contributed by atoms with E-state index in [0.717, 1.165) is 30.3 Å². The lowest BCUT2D eigenvalue weighted by molar-refractivity contribution is -0.117. The van der Waals surface area contributed by atoms with Gasteiger partial charge < -0.3 is 4.74 Å². The number of hydrogen-bond acceptors (Lipinski definition) is 1. The van der Waals surface area contributed by atoms with Crippen molar-refractivity contribution in [3.63, 3.8) is 0 Å². The van der Waals surface area contributed by atoms with Gasteiger partial charge in [-0.1, -0.05) is 20.8 Å². The molecule has 3 aliphatic rings. The second-order valence-corrected chi connectivity index (χ2v) is 7.78. The summed E-state index contributed by atoms with van der Waals surface area (Å²) in [6.45, 7) is 10.9. The van der Waals surface area contributed by atoms with Gasteiger partial charge in [0.1, 0.15) is 0 Å². The summed E-state index contributed by atoms with van der Waals surface area (Å²) in [5.74, 6) is 3.64. The summed E-state index contributed by atoms with van der Waals surface area (Å²) in [6, 6.07) is 0. The summed E-state index contributed by atoms with van der Waals surface area (Å²) in [6.07, 6.45) is 6.88. The van der Waals surface area contributed by atoms with Gasteiger partial charge in [0.05, 0.1) is 5.60 Å². The molecular formula is C16H28O. The highest BCUT2D eigenvalue weighted by Crippen LogP contribution is 2.59. The van der Waals surface area contributed by atoms with E-state index in [1.807, 2.05) is 0 Å². The van der Waals surface area contributed by atoms with Crippen molar-refractivity contribution >= 4 is 0 Å². The van der Waals surface area contributed by atoms with Crippen LogP contribution < -0.4 is 0 Å². The monoisotopic (exact) mass is 236 g/mol. The lowest BCUT2D eigenvalue weighted by Gasteiger charge is -2.56. The van der Waals surface area contributed by atoms with Gasteiger partial charge >= 0.3 is 0 Å². The Morgan fingerprint density at radius 3 is 2.47 bits per heavy atom. The minimum absolute atomic E-state index is 0.225. The first-order valence-corrected chi connectivity index (χ1v) is 7.58. The van der Waals surface area contributed by atoms with Crippen LogP contribution in [0.25, 0.3) is 0 Å². The van der Waals surface area contributed by atoms with Crippen molar-refractivity contribution in [3.8, 4) is 0 Å². The van der Waals surface area contributed by atoms with Crippen molar-refractivity contribution in [3.05, 3.63) is 0 Å². The van der Waals surface area contributed by atoms with Crippen LogP contribution in [-0.2, 0) is 4.74 Å². The molecule has 0 aromatic heterocycles. The van der Waals surface area contributed by atoms with Crippen LogP contribution in [0.5, 0.6) is 0 Å². The van der Waals surface area contributed by atoms with Crippen LogP contribution in [-0.4, -0.2) is 12.2 Å². The van der Waals surface area contributed by atoms with Gasteiger partial charge in [0.15, 0.2) is 0 Å². The third-order valence-electron chi connectivity index (χ3n) is 6.43. The van der Waals surface area contributed by atoms with Gasteiger partial charge in [-0.25, -0.2) is 0 Å². The second kappa shape index (κ2) is 3.73. The van der Waals surface area contributed by atoms with Crippen molar-refractivity contribution in [1.82, 2.24) is 0 Å². The molecule has 1 aliphatic heterocycles. The fourth-order valence-electron chi connectivity index (χ4n) is 5.29. The summed E-state index contributed by atoms with van der Waals surface area (Å²) in [5.41, 5.74) is 0.796. The van der Waals surface area contributed by atoms with Gasteiger partial charge in [-0.15, -0.1) is 0 Å². The molecule has 0 N–H and O–H groups in total. The highest BCUT2D eigenvalue weighted by molar-refractivity contribution is 5.05. The molecule has 0 aromatic rings. The van der Waals surface area contributed by atoms with E-state index >= 15 is 0 Å². The SMILES string of the molecule is C[C@H]1CCC(C)(C)C2CC[C@@]3(C)OCCC3C21. The first-order valence-electron chi connectivity index (χ1n) is 7.58. The van der Waals surface area contributed by atoms with Crippen LogP contribution in [0.4, 0.5) is 0 Å². The number of fused-ring (bicyclic) bond motifs is 3. The molecule has 1 heteroatoms. The zero-order valence-corrected chi connectivity index (χ0v) is 12.0. The van der Waals surface area contributed by atoms with Crippen LogP contribution in [0, 0.1) is 29.1 Å². The van der Waals surface area contributed by atoms with Gasteiger partial charge in [-0.05, 0) is 68.1 Å². The third-order valence-corrected chi connectivity index (χ3v) is 6.43. The molecule has 0 aromatic carbocycles. The first-order chi connectivity index (χ1) is 7.94. The van der Waals surface area contributed by atoms with E-state index in [2.05, 4.69) is 27.7 Å². The largest absolute Gasteiger partial charge is 0.375 e. The molecule has 0 radical (unpaired) electrons. The van der Waals surface area contributed by atoms with E-state index in [9.17, 15) is 0 Å². The number of ether oxygens (including phenoxy) is 1. The minimum Gasteiger partial charge on any atom is -0.375 e. The molecule has 1 nitrogen and oxygen atoms in total. The maximum Gasteiger partial charge on any atom is 0.0686 e. The molecule has 0 amide bonds. The van der Waals surface area contributed by atoms with Gasteiger partial charge in [0.25, 0.3) is 0 Å².